The fourth-order valence-corrected chi connectivity index (χ4v) is 7.82. The third-order valence-corrected chi connectivity index (χ3v) is 9.42. The Hall–Kier alpha value is -2.14. The van der Waals surface area contributed by atoms with Crippen LogP contribution in [0.4, 0.5) is 0 Å². The molecule has 1 aliphatic carbocycles. The standard InChI is InChI=1S/C26H35O6P/c1-7-31-33(28,32-8-2)26(15-9-10-24(26)27)25(20-11-13-22(29-5)18(3)16-20)21-12-14-23(30-6)19(4)17-21/h11-14,16-17,25H,7-10,15H2,1-6H3/t26-/m1/s1. The first-order valence-corrected chi connectivity index (χ1v) is 13.0. The first kappa shape index (κ1) is 25.5. The number of aryl methyl sites for hydroxylation is 2. The van der Waals surface area contributed by atoms with Crippen molar-refractivity contribution in [2.24, 2.45) is 0 Å². The van der Waals surface area contributed by atoms with Crippen molar-refractivity contribution in [1.29, 1.82) is 0 Å². The number of methoxy groups -OCH3 is 2. The minimum atomic E-state index is -3.82. The Kier molecular flexibility index (Phi) is 8.04. The molecule has 3 rings (SSSR count). The maximum atomic E-state index is 14.4. The van der Waals surface area contributed by atoms with Crippen LogP contribution in [0.15, 0.2) is 36.4 Å². The van der Waals surface area contributed by atoms with Crippen LogP contribution in [0.3, 0.4) is 0 Å². The van der Waals surface area contributed by atoms with Crippen molar-refractivity contribution in [3.05, 3.63) is 58.7 Å². The van der Waals surface area contributed by atoms with Crippen LogP contribution in [-0.2, 0) is 18.4 Å². The Bertz CT molecular complexity index is 986. The van der Waals surface area contributed by atoms with Crippen LogP contribution in [-0.4, -0.2) is 38.4 Å². The summed E-state index contributed by atoms with van der Waals surface area (Å²) in [5.41, 5.74) is 3.64. The SMILES string of the molecule is CCOP(=O)(OCC)[C@]1(C(c2ccc(OC)c(C)c2)c2ccc(OC)c(C)c2)CCCC1=O. The van der Waals surface area contributed by atoms with Gasteiger partial charge in [-0.3, -0.25) is 9.36 Å². The number of Topliss-reactive ketones (excluding diaryl/α,β-unsaturated/α-hetero) is 1. The van der Waals surface area contributed by atoms with Gasteiger partial charge in [0.1, 0.15) is 16.7 Å². The van der Waals surface area contributed by atoms with Crippen molar-refractivity contribution in [3.63, 3.8) is 0 Å². The molecule has 7 heteroatoms. The van der Waals surface area contributed by atoms with E-state index in [0.29, 0.717) is 19.3 Å². The summed E-state index contributed by atoms with van der Waals surface area (Å²) < 4.78 is 37.1. The van der Waals surface area contributed by atoms with E-state index in [2.05, 4.69) is 0 Å². The van der Waals surface area contributed by atoms with Gasteiger partial charge in [0.2, 0.25) is 0 Å². The van der Waals surface area contributed by atoms with Gasteiger partial charge in [-0.2, -0.15) is 0 Å². The largest absolute Gasteiger partial charge is 0.496 e. The molecule has 180 valence electrons. The fraction of sp³-hybridized carbons (Fsp3) is 0.500. The Morgan fingerprint density at radius 2 is 1.39 bits per heavy atom. The highest BCUT2D eigenvalue weighted by atomic mass is 31.2. The van der Waals surface area contributed by atoms with Gasteiger partial charge < -0.3 is 18.5 Å². The van der Waals surface area contributed by atoms with Gasteiger partial charge in [-0.05, 0) is 74.9 Å². The number of benzene rings is 2. The summed E-state index contributed by atoms with van der Waals surface area (Å²) in [6, 6.07) is 11.7. The van der Waals surface area contributed by atoms with Gasteiger partial charge >= 0.3 is 7.60 Å². The van der Waals surface area contributed by atoms with Gasteiger partial charge in [0.15, 0.2) is 5.78 Å². The Morgan fingerprint density at radius 3 is 1.73 bits per heavy atom. The molecule has 6 nitrogen and oxygen atoms in total. The zero-order valence-corrected chi connectivity index (χ0v) is 21.4. The number of hydrogen-bond acceptors (Lipinski definition) is 6. The van der Waals surface area contributed by atoms with Crippen molar-refractivity contribution in [3.8, 4) is 11.5 Å². The molecular formula is C26H35O6P. The van der Waals surface area contributed by atoms with Crippen LogP contribution >= 0.6 is 7.60 Å². The predicted octanol–water partition coefficient (Wildman–Crippen LogP) is 6.21. The van der Waals surface area contributed by atoms with Gasteiger partial charge in [0, 0.05) is 12.3 Å². The van der Waals surface area contributed by atoms with E-state index in [0.717, 1.165) is 33.8 Å². The first-order chi connectivity index (χ1) is 15.8. The van der Waals surface area contributed by atoms with Gasteiger partial charge in [0.25, 0.3) is 0 Å². The fourth-order valence-electron chi connectivity index (χ4n) is 5.14. The zero-order chi connectivity index (χ0) is 24.2. The van der Waals surface area contributed by atoms with E-state index in [1.54, 1.807) is 28.1 Å². The molecule has 1 atom stereocenters. The van der Waals surface area contributed by atoms with Crippen LogP contribution in [0.25, 0.3) is 0 Å². The number of ether oxygens (including phenoxy) is 2. The molecular weight excluding hydrogens is 439 g/mol. The molecule has 0 radical (unpaired) electrons. The van der Waals surface area contributed by atoms with Crippen molar-refractivity contribution >= 4 is 13.4 Å². The van der Waals surface area contributed by atoms with Gasteiger partial charge in [-0.25, -0.2) is 0 Å². The maximum absolute atomic E-state index is 14.4. The normalized spacial score (nSPS) is 18.7. The van der Waals surface area contributed by atoms with Crippen LogP contribution in [0, 0.1) is 13.8 Å². The summed E-state index contributed by atoms with van der Waals surface area (Å²) in [7, 11) is -0.558. The molecule has 2 aromatic rings. The topological polar surface area (TPSA) is 71.1 Å². The van der Waals surface area contributed by atoms with Crippen molar-refractivity contribution in [1.82, 2.24) is 0 Å². The maximum Gasteiger partial charge on any atom is 0.345 e. The minimum Gasteiger partial charge on any atom is -0.496 e. The monoisotopic (exact) mass is 474 g/mol. The number of hydrogen-bond donors (Lipinski definition) is 0. The summed E-state index contributed by atoms with van der Waals surface area (Å²) >= 11 is 0. The van der Waals surface area contributed by atoms with E-state index in [9.17, 15) is 9.36 Å². The van der Waals surface area contributed by atoms with E-state index in [-0.39, 0.29) is 19.0 Å². The third-order valence-electron chi connectivity index (χ3n) is 6.51. The predicted molar refractivity (Wildman–Crippen MR) is 130 cm³/mol. The molecule has 0 spiro atoms. The second-order valence-corrected chi connectivity index (χ2v) is 10.7. The van der Waals surface area contributed by atoms with E-state index in [4.69, 9.17) is 18.5 Å². The molecule has 0 bridgehead atoms. The lowest BCUT2D eigenvalue weighted by molar-refractivity contribution is -0.120. The second kappa shape index (κ2) is 10.4. The highest BCUT2D eigenvalue weighted by Gasteiger charge is 2.63. The highest BCUT2D eigenvalue weighted by molar-refractivity contribution is 7.57. The van der Waals surface area contributed by atoms with E-state index >= 15 is 0 Å². The van der Waals surface area contributed by atoms with Crippen LogP contribution in [0.5, 0.6) is 11.5 Å². The summed E-state index contributed by atoms with van der Waals surface area (Å²) in [5, 5.41) is -1.30. The summed E-state index contributed by atoms with van der Waals surface area (Å²) in [4.78, 5) is 13.7. The molecule has 2 aromatic carbocycles. The lowest BCUT2D eigenvalue weighted by Crippen LogP contribution is -2.42. The number of ketones is 1. The highest BCUT2D eigenvalue weighted by Crippen LogP contribution is 2.70. The molecule has 0 aromatic heterocycles. The molecule has 33 heavy (non-hydrogen) atoms. The number of carbonyl (C=O) groups excluding carboxylic acids is 1. The van der Waals surface area contributed by atoms with Crippen molar-refractivity contribution < 1.29 is 27.9 Å². The second-order valence-electron chi connectivity index (χ2n) is 8.43. The van der Waals surface area contributed by atoms with Crippen molar-refractivity contribution in [2.45, 2.75) is 58.0 Å². The van der Waals surface area contributed by atoms with Gasteiger partial charge in [-0.15, -0.1) is 0 Å². The van der Waals surface area contributed by atoms with Crippen LogP contribution in [0.1, 0.15) is 61.3 Å². The average molecular weight is 475 g/mol. The van der Waals surface area contributed by atoms with Gasteiger partial charge in [0.05, 0.1) is 27.4 Å². The van der Waals surface area contributed by atoms with E-state index in [1.807, 2.05) is 50.2 Å². The molecule has 0 unspecified atom stereocenters. The Morgan fingerprint density at radius 1 is 0.909 bits per heavy atom. The Balaban J connectivity index is 2.34. The van der Waals surface area contributed by atoms with Gasteiger partial charge in [-0.1, -0.05) is 24.3 Å². The van der Waals surface area contributed by atoms with Crippen LogP contribution < -0.4 is 9.47 Å². The van der Waals surface area contributed by atoms with Crippen molar-refractivity contribution in [2.75, 3.05) is 27.4 Å². The summed E-state index contributed by atoms with van der Waals surface area (Å²) in [6.07, 6.45) is 1.43. The zero-order valence-electron chi connectivity index (χ0n) is 20.5. The van der Waals surface area contributed by atoms with E-state index in [1.165, 1.54) is 0 Å². The first-order valence-electron chi connectivity index (χ1n) is 11.5. The molecule has 1 aliphatic rings. The molecule has 0 N–H and O–H groups in total. The van der Waals surface area contributed by atoms with E-state index < -0.39 is 18.7 Å². The van der Waals surface area contributed by atoms with Crippen LogP contribution in [0.2, 0.25) is 0 Å². The third kappa shape index (κ3) is 4.49. The smallest absolute Gasteiger partial charge is 0.345 e. The minimum absolute atomic E-state index is 0.0697. The number of rotatable bonds is 10. The summed E-state index contributed by atoms with van der Waals surface area (Å²) in [6.45, 7) is 7.88. The molecule has 0 amide bonds. The lowest BCUT2D eigenvalue weighted by Gasteiger charge is -2.41. The molecule has 0 heterocycles. The Labute approximate surface area is 197 Å². The quantitative estimate of drug-likeness (QED) is 0.381. The molecule has 1 fully saturated rings. The summed E-state index contributed by atoms with van der Waals surface area (Å²) in [5.74, 6) is 0.936. The molecule has 0 aliphatic heterocycles. The molecule has 0 saturated heterocycles. The molecule has 1 saturated carbocycles. The number of carbonyl (C=O) groups is 1. The lowest BCUT2D eigenvalue weighted by atomic mass is 9.77. The average Bonchev–Trinajstić information content (AvgIpc) is 3.17.